The largest absolute Gasteiger partial charge is 0.388 e. The van der Waals surface area contributed by atoms with Crippen molar-refractivity contribution in [3.05, 3.63) is 34.6 Å². The lowest BCUT2D eigenvalue weighted by Gasteiger charge is -2.24. The van der Waals surface area contributed by atoms with Crippen LogP contribution in [0.15, 0.2) is 18.2 Å². The van der Waals surface area contributed by atoms with Crippen molar-refractivity contribution in [2.75, 3.05) is 13.1 Å². The molecule has 0 spiro atoms. The standard InChI is InChI=1S/C14H21ClFN3/c1-10(2)8-19(6-5-14(17)18)9-11-7-12(16)3-4-13(11)15/h3-4,7,10H,5-6,8-9H2,1-2H3,(H3,17,18). The predicted molar refractivity (Wildman–Crippen MR) is 78.1 cm³/mol. The number of amidine groups is 1. The lowest BCUT2D eigenvalue weighted by Crippen LogP contribution is -2.31. The van der Waals surface area contributed by atoms with Gasteiger partial charge in [0.15, 0.2) is 0 Å². The molecular formula is C14H21ClFN3. The molecule has 0 aliphatic heterocycles. The average Bonchev–Trinajstić information content (AvgIpc) is 2.30. The highest BCUT2D eigenvalue weighted by molar-refractivity contribution is 6.31. The molecule has 0 saturated carbocycles. The van der Waals surface area contributed by atoms with Crippen molar-refractivity contribution in [1.82, 2.24) is 4.90 Å². The Balaban J connectivity index is 2.74. The topological polar surface area (TPSA) is 53.1 Å². The highest BCUT2D eigenvalue weighted by atomic mass is 35.5. The second kappa shape index (κ2) is 7.46. The van der Waals surface area contributed by atoms with E-state index < -0.39 is 0 Å². The maximum absolute atomic E-state index is 13.2. The molecule has 0 aliphatic rings. The number of halogens is 2. The maximum Gasteiger partial charge on any atom is 0.123 e. The lowest BCUT2D eigenvalue weighted by atomic mass is 10.1. The van der Waals surface area contributed by atoms with Gasteiger partial charge in [-0.2, -0.15) is 0 Å². The van der Waals surface area contributed by atoms with Gasteiger partial charge in [-0.3, -0.25) is 10.3 Å². The van der Waals surface area contributed by atoms with Crippen LogP contribution < -0.4 is 5.73 Å². The minimum atomic E-state index is -0.282. The van der Waals surface area contributed by atoms with Gasteiger partial charge in [-0.1, -0.05) is 25.4 Å². The van der Waals surface area contributed by atoms with Crippen LogP contribution >= 0.6 is 11.6 Å². The zero-order chi connectivity index (χ0) is 14.4. The van der Waals surface area contributed by atoms with Crippen LogP contribution in [0.1, 0.15) is 25.8 Å². The summed E-state index contributed by atoms with van der Waals surface area (Å²) in [5.41, 5.74) is 6.16. The Bertz CT molecular complexity index is 435. The Morgan fingerprint density at radius 1 is 1.47 bits per heavy atom. The first-order chi connectivity index (χ1) is 8.88. The minimum absolute atomic E-state index is 0.166. The molecule has 1 aromatic rings. The quantitative estimate of drug-likeness (QED) is 0.597. The van der Waals surface area contributed by atoms with E-state index >= 15 is 0 Å². The van der Waals surface area contributed by atoms with Crippen LogP contribution in [0.5, 0.6) is 0 Å². The van der Waals surface area contributed by atoms with E-state index in [1.165, 1.54) is 12.1 Å². The highest BCUT2D eigenvalue weighted by Gasteiger charge is 2.11. The third-order valence-electron chi connectivity index (χ3n) is 2.72. The molecule has 1 aromatic carbocycles. The Hall–Kier alpha value is -1.13. The second-order valence-corrected chi connectivity index (χ2v) is 5.55. The third kappa shape index (κ3) is 6.03. The first-order valence-corrected chi connectivity index (χ1v) is 6.75. The first-order valence-electron chi connectivity index (χ1n) is 6.37. The fraction of sp³-hybridized carbons (Fsp3) is 0.500. The average molecular weight is 286 g/mol. The summed E-state index contributed by atoms with van der Waals surface area (Å²) in [5.74, 6) is 0.369. The monoisotopic (exact) mass is 285 g/mol. The van der Waals surface area contributed by atoms with Gasteiger partial charge < -0.3 is 5.73 Å². The molecule has 0 fully saturated rings. The Kier molecular flexibility index (Phi) is 6.25. The SMILES string of the molecule is CC(C)CN(CCC(=N)N)Cc1cc(F)ccc1Cl. The van der Waals surface area contributed by atoms with Crippen LogP contribution in [-0.2, 0) is 6.54 Å². The molecule has 0 heterocycles. The molecule has 0 radical (unpaired) electrons. The number of nitrogens with zero attached hydrogens (tertiary/aromatic N) is 1. The van der Waals surface area contributed by atoms with Crippen molar-refractivity contribution < 1.29 is 4.39 Å². The van der Waals surface area contributed by atoms with E-state index in [9.17, 15) is 4.39 Å². The highest BCUT2D eigenvalue weighted by Crippen LogP contribution is 2.19. The fourth-order valence-electron chi connectivity index (χ4n) is 1.94. The summed E-state index contributed by atoms with van der Waals surface area (Å²) >= 11 is 6.08. The van der Waals surface area contributed by atoms with E-state index in [2.05, 4.69) is 18.7 Å². The summed E-state index contributed by atoms with van der Waals surface area (Å²) in [4.78, 5) is 2.15. The molecule has 0 saturated heterocycles. The van der Waals surface area contributed by atoms with Gasteiger partial charge in [0, 0.05) is 31.1 Å². The molecule has 0 atom stereocenters. The smallest absolute Gasteiger partial charge is 0.123 e. The summed E-state index contributed by atoms with van der Waals surface area (Å²) in [7, 11) is 0. The summed E-state index contributed by atoms with van der Waals surface area (Å²) in [6.07, 6.45) is 0.514. The Labute approximate surface area is 119 Å². The van der Waals surface area contributed by atoms with E-state index in [4.69, 9.17) is 22.7 Å². The Morgan fingerprint density at radius 3 is 2.74 bits per heavy atom. The molecule has 0 unspecified atom stereocenters. The van der Waals surface area contributed by atoms with Gasteiger partial charge in [-0.25, -0.2) is 4.39 Å². The number of rotatable bonds is 7. The summed E-state index contributed by atoms with van der Waals surface area (Å²) < 4.78 is 13.2. The summed E-state index contributed by atoms with van der Waals surface area (Å²) in [5, 5.41) is 7.86. The lowest BCUT2D eigenvalue weighted by molar-refractivity contribution is 0.242. The van der Waals surface area contributed by atoms with Gasteiger partial charge in [0.1, 0.15) is 5.82 Å². The van der Waals surface area contributed by atoms with Gasteiger partial charge >= 0.3 is 0 Å². The van der Waals surface area contributed by atoms with Crippen LogP contribution in [0.2, 0.25) is 5.02 Å². The minimum Gasteiger partial charge on any atom is -0.388 e. The molecule has 106 valence electrons. The van der Waals surface area contributed by atoms with E-state index in [0.29, 0.717) is 30.5 Å². The van der Waals surface area contributed by atoms with Crippen LogP contribution in [0.3, 0.4) is 0 Å². The summed E-state index contributed by atoms with van der Waals surface area (Å²) in [6, 6.07) is 4.39. The van der Waals surface area contributed by atoms with Gasteiger partial charge in [0.25, 0.3) is 0 Å². The maximum atomic E-state index is 13.2. The number of nitrogens with two attached hydrogens (primary N) is 1. The van der Waals surface area contributed by atoms with E-state index in [1.807, 2.05) is 0 Å². The molecule has 1 rings (SSSR count). The fourth-order valence-corrected chi connectivity index (χ4v) is 2.11. The molecule has 0 bridgehead atoms. The van der Waals surface area contributed by atoms with Crippen LogP contribution in [0.25, 0.3) is 0 Å². The molecule has 3 N–H and O–H groups in total. The van der Waals surface area contributed by atoms with Crippen molar-refractivity contribution >= 4 is 17.4 Å². The normalized spacial score (nSPS) is 11.3. The third-order valence-corrected chi connectivity index (χ3v) is 3.09. The van der Waals surface area contributed by atoms with Crippen LogP contribution in [0.4, 0.5) is 4.39 Å². The number of nitrogens with one attached hydrogen (secondary N) is 1. The van der Waals surface area contributed by atoms with E-state index in [0.717, 1.165) is 12.1 Å². The zero-order valence-electron chi connectivity index (χ0n) is 11.4. The molecular weight excluding hydrogens is 265 g/mol. The van der Waals surface area contributed by atoms with Crippen LogP contribution in [-0.4, -0.2) is 23.8 Å². The van der Waals surface area contributed by atoms with Gasteiger partial charge in [0.05, 0.1) is 5.84 Å². The van der Waals surface area contributed by atoms with Gasteiger partial charge in [-0.15, -0.1) is 0 Å². The molecule has 0 aliphatic carbocycles. The molecule has 0 amide bonds. The van der Waals surface area contributed by atoms with Crippen LogP contribution in [0, 0.1) is 17.1 Å². The van der Waals surface area contributed by atoms with Gasteiger partial charge in [0.2, 0.25) is 0 Å². The Morgan fingerprint density at radius 2 is 2.16 bits per heavy atom. The molecule has 3 nitrogen and oxygen atoms in total. The van der Waals surface area contributed by atoms with Crippen molar-refractivity contribution in [3.63, 3.8) is 0 Å². The summed E-state index contributed by atoms with van der Waals surface area (Å²) in [6.45, 7) is 6.35. The van der Waals surface area contributed by atoms with E-state index in [1.54, 1.807) is 6.07 Å². The van der Waals surface area contributed by atoms with Gasteiger partial charge in [-0.05, 0) is 29.7 Å². The number of benzene rings is 1. The van der Waals surface area contributed by atoms with Crippen molar-refractivity contribution in [3.8, 4) is 0 Å². The first kappa shape index (κ1) is 15.9. The number of hydrogen-bond donors (Lipinski definition) is 2. The van der Waals surface area contributed by atoms with Crippen molar-refractivity contribution in [2.24, 2.45) is 11.7 Å². The molecule has 19 heavy (non-hydrogen) atoms. The zero-order valence-corrected chi connectivity index (χ0v) is 12.2. The second-order valence-electron chi connectivity index (χ2n) is 5.14. The molecule has 0 aromatic heterocycles. The van der Waals surface area contributed by atoms with E-state index in [-0.39, 0.29) is 11.7 Å². The predicted octanol–water partition coefficient (Wildman–Crippen LogP) is 3.26. The van der Waals surface area contributed by atoms with Crippen molar-refractivity contribution in [1.29, 1.82) is 5.41 Å². The van der Waals surface area contributed by atoms with Crippen molar-refractivity contribution in [2.45, 2.75) is 26.8 Å². The number of hydrogen-bond acceptors (Lipinski definition) is 2. The molecule has 5 heteroatoms.